The molecule has 1 aliphatic rings. The van der Waals surface area contributed by atoms with Crippen LogP contribution in [-0.4, -0.2) is 39.7 Å². The highest BCUT2D eigenvalue weighted by Gasteiger charge is 2.21. The van der Waals surface area contributed by atoms with Crippen LogP contribution in [0.5, 0.6) is 5.75 Å². The van der Waals surface area contributed by atoms with Gasteiger partial charge in [0.2, 0.25) is 0 Å². The number of aliphatic imine (C=N–C) groups is 1. The number of ether oxygens (including phenoxy) is 1. The topological polar surface area (TPSA) is 50.3 Å². The monoisotopic (exact) mass is 409 g/mol. The zero-order chi connectivity index (χ0) is 19.3. The molecule has 0 amide bonds. The molecule has 2 heterocycles. The van der Waals surface area contributed by atoms with Crippen LogP contribution in [0.1, 0.15) is 22.5 Å². The van der Waals surface area contributed by atoms with E-state index in [1.54, 1.807) is 18.9 Å². The van der Waals surface area contributed by atoms with Gasteiger partial charge in [0.1, 0.15) is 5.75 Å². The maximum Gasteiger partial charge on any atom is 0.165 e. The molecule has 0 fully saturated rings. The number of hydrogen-bond donors (Lipinski definition) is 1. The second-order valence-electron chi connectivity index (χ2n) is 6.70. The van der Waals surface area contributed by atoms with Gasteiger partial charge < -0.3 is 9.72 Å². The standard InChI is InChI=1S/C22H23N3OS2/c1-15-20(12-16-6-4-3-5-7-16)25-22(24-15)27-14-19-13-23-21(28-19)17-8-10-18(26-2)11-9-17/h3-11,19H,12-14H2,1-2H3,(H,24,25). The number of nitrogens with zero attached hydrogens (tertiary/aromatic N) is 2. The van der Waals surface area contributed by atoms with Crippen molar-refractivity contribution in [2.45, 2.75) is 23.8 Å². The number of benzene rings is 2. The van der Waals surface area contributed by atoms with E-state index in [9.17, 15) is 0 Å². The minimum Gasteiger partial charge on any atom is -0.497 e. The van der Waals surface area contributed by atoms with Gasteiger partial charge in [0.25, 0.3) is 0 Å². The highest BCUT2D eigenvalue weighted by Crippen LogP contribution is 2.31. The van der Waals surface area contributed by atoms with E-state index in [0.29, 0.717) is 5.25 Å². The number of aromatic nitrogens is 2. The average molecular weight is 410 g/mol. The van der Waals surface area contributed by atoms with Crippen LogP contribution in [0, 0.1) is 6.92 Å². The number of aryl methyl sites for hydroxylation is 1. The van der Waals surface area contributed by atoms with E-state index < -0.39 is 0 Å². The number of hydrogen-bond acceptors (Lipinski definition) is 5. The van der Waals surface area contributed by atoms with Crippen molar-refractivity contribution in [3.63, 3.8) is 0 Å². The number of methoxy groups -OCH3 is 1. The molecule has 4 rings (SSSR count). The lowest BCUT2D eigenvalue weighted by atomic mass is 10.1. The molecule has 1 aromatic heterocycles. The van der Waals surface area contributed by atoms with Crippen LogP contribution in [-0.2, 0) is 6.42 Å². The first-order chi connectivity index (χ1) is 13.7. The van der Waals surface area contributed by atoms with Gasteiger partial charge in [0, 0.05) is 28.7 Å². The maximum atomic E-state index is 5.23. The third-order valence-electron chi connectivity index (χ3n) is 4.64. The van der Waals surface area contributed by atoms with Crippen molar-refractivity contribution in [1.29, 1.82) is 0 Å². The van der Waals surface area contributed by atoms with Crippen LogP contribution in [0.25, 0.3) is 0 Å². The second-order valence-corrected chi connectivity index (χ2v) is 9.00. The predicted molar refractivity (Wildman–Crippen MR) is 119 cm³/mol. The zero-order valence-electron chi connectivity index (χ0n) is 16.0. The van der Waals surface area contributed by atoms with Gasteiger partial charge >= 0.3 is 0 Å². The Bertz CT molecular complexity index is 952. The van der Waals surface area contributed by atoms with Gasteiger partial charge in [-0.05, 0) is 36.8 Å². The molecule has 0 saturated carbocycles. The lowest BCUT2D eigenvalue weighted by Gasteiger charge is -2.07. The summed E-state index contributed by atoms with van der Waals surface area (Å²) in [6.45, 7) is 2.96. The molecular weight excluding hydrogens is 386 g/mol. The molecule has 6 heteroatoms. The number of H-pyrrole nitrogens is 1. The SMILES string of the molecule is COc1ccc(C2=NCC(CSc3nc(Cc4ccccc4)c(C)[nH]3)S2)cc1. The van der Waals surface area contributed by atoms with Crippen molar-refractivity contribution < 1.29 is 4.74 Å². The van der Waals surface area contributed by atoms with Crippen molar-refractivity contribution in [1.82, 2.24) is 9.97 Å². The number of thioether (sulfide) groups is 2. The molecule has 0 radical (unpaired) electrons. The Balaban J connectivity index is 1.31. The summed E-state index contributed by atoms with van der Waals surface area (Å²) in [5, 5.41) is 2.60. The zero-order valence-corrected chi connectivity index (χ0v) is 17.6. The molecule has 1 unspecified atom stereocenters. The summed E-state index contributed by atoms with van der Waals surface area (Å²) in [6, 6.07) is 18.6. The summed E-state index contributed by atoms with van der Waals surface area (Å²) in [7, 11) is 1.69. The fourth-order valence-electron chi connectivity index (χ4n) is 3.07. The van der Waals surface area contributed by atoms with E-state index in [1.807, 2.05) is 30.0 Å². The molecule has 2 aromatic carbocycles. The van der Waals surface area contributed by atoms with E-state index in [-0.39, 0.29) is 0 Å². The van der Waals surface area contributed by atoms with Crippen LogP contribution in [0.2, 0.25) is 0 Å². The first kappa shape index (κ1) is 19.2. The number of imidazole rings is 1. The molecule has 4 nitrogen and oxygen atoms in total. The number of nitrogens with one attached hydrogen (secondary N) is 1. The van der Waals surface area contributed by atoms with Gasteiger partial charge in [-0.2, -0.15) is 0 Å². The molecule has 0 bridgehead atoms. The Morgan fingerprint density at radius 3 is 2.68 bits per heavy atom. The summed E-state index contributed by atoms with van der Waals surface area (Å²) in [5.74, 6) is 1.87. The number of rotatable bonds is 7. The molecule has 0 spiro atoms. The first-order valence-corrected chi connectivity index (χ1v) is 11.2. The quantitative estimate of drug-likeness (QED) is 0.560. The molecule has 144 valence electrons. The number of aromatic amines is 1. The minimum atomic E-state index is 0.477. The molecule has 1 atom stereocenters. The van der Waals surface area contributed by atoms with Crippen molar-refractivity contribution in [2.75, 3.05) is 19.4 Å². The van der Waals surface area contributed by atoms with Crippen LogP contribution < -0.4 is 4.74 Å². The minimum absolute atomic E-state index is 0.477. The van der Waals surface area contributed by atoms with Gasteiger partial charge in [0.15, 0.2) is 5.16 Å². The van der Waals surface area contributed by atoms with Crippen molar-refractivity contribution in [3.05, 3.63) is 77.1 Å². The van der Waals surface area contributed by atoms with E-state index in [1.165, 1.54) is 5.56 Å². The summed E-state index contributed by atoms with van der Waals surface area (Å²) in [4.78, 5) is 13.0. The van der Waals surface area contributed by atoms with Gasteiger partial charge in [0.05, 0.1) is 24.4 Å². The van der Waals surface area contributed by atoms with Crippen LogP contribution in [0.15, 0.2) is 64.7 Å². The molecule has 0 aliphatic carbocycles. The van der Waals surface area contributed by atoms with E-state index in [2.05, 4.69) is 48.3 Å². The Hall–Kier alpha value is -2.18. The third-order valence-corrected chi connectivity index (χ3v) is 7.12. The molecular formula is C22H23N3OS2. The highest BCUT2D eigenvalue weighted by atomic mass is 32.2. The molecule has 0 saturated heterocycles. The molecule has 1 aliphatic heterocycles. The second kappa shape index (κ2) is 8.88. The van der Waals surface area contributed by atoms with Gasteiger partial charge in [-0.15, -0.1) is 11.8 Å². The third kappa shape index (κ3) is 4.62. The Morgan fingerprint density at radius 1 is 1.14 bits per heavy atom. The van der Waals surface area contributed by atoms with Crippen molar-refractivity contribution >= 4 is 28.6 Å². The van der Waals surface area contributed by atoms with E-state index >= 15 is 0 Å². The van der Waals surface area contributed by atoms with Gasteiger partial charge in [-0.3, -0.25) is 4.99 Å². The molecule has 1 N–H and O–H groups in total. The van der Waals surface area contributed by atoms with Crippen LogP contribution >= 0.6 is 23.5 Å². The van der Waals surface area contributed by atoms with Crippen LogP contribution in [0.4, 0.5) is 0 Å². The fraction of sp³-hybridized carbons (Fsp3) is 0.273. The van der Waals surface area contributed by atoms with E-state index in [4.69, 9.17) is 14.7 Å². The van der Waals surface area contributed by atoms with Crippen molar-refractivity contribution in [2.24, 2.45) is 4.99 Å². The smallest absolute Gasteiger partial charge is 0.165 e. The van der Waals surface area contributed by atoms with Crippen molar-refractivity contribution in [3.8, 4) is 5.75 Å². The lowest BCUT2D eigenvalue weighted by Crippen LogP contribution is -2.07. The Morgan fingerprint density at radius 2 is 1.93 bits per heavy atom. The van der Waals surface area contributed by atoms with E-state index in [0.717, 1.165) is 51.6 Å². The van der Waals surface area contributed by atoms with Gasteiger partial charge in [-0.1, -0.05) is 42.1 Å². The molecule has 28 heavy (non-hydrogen) atoms. The van der Waals surface area contributed by atoms with Gasteiger partial charge in [-0.25, -0.2) is 4.98 Å². The largest absolute Gasteiger partial charge is 0.497 e. The van der Waals surface area contributed by atoms with Crippen LogP contribution in [0.3, 0.4) is 0 Å². The summed E-state index contributed by atoms with van der Waals surface area (Å²) >= 11 is 3.64. The Labute approximate surface area is 174 Å². The molecule has 3 aromatic rings. The Kier molecular flexibility index (Phi) is 6.07. The lowest BCUT2D eigenvalue weighted by molar-refractivity contribution is 0.415. The normalized spacial score (nSPS) is 16.2. The summed E-state index contributed by atoms with van der Waals surface area (Å²) < 4.78 is 5.23. The highest BCUT2D eigenvalue weighted by molar-refractivity contribution is 8.16. The summed E-state index contributed by atoms with van der Waals surface area (Å²) in [6.07, 6.45) is 0.868. The first-order valence-electron chi connectivity index (χ1n) is 9.29. The fourth-order valence-corrected chi connectivity index (χ4v) is 5.28. The summed E-state index contributed by atoms with van der Waals surface area (Å²) in [5.41, 5.74) is 4.73. The predicted octanol–water partition coefficient (Wildman–Crippen LogP) is 4.97. The maximum absolute atomic E-state index is 5.23. The average Bonchev–Trinajstić information content (AvgIpc) is 3.34.